The zero-order valence-electron chi connectivity index (χ0n) is 21.8. The van der Waals surface area contributed by atoms with E-state index in [4.69, 9.17) is 11.6 Å². The van der Waals surface area contributed by atoms with E-state index < -0.39 is 21.4 Å². The number of hydrazone groups is 1. The molecule has 0 atom stereocenters. The van der Waals surface area contributed by atoms with Crippen LogP contribution in [0.1, 0.15) is 48.1 Å². The van der Waals surface area contributed by atoms with E-state index >= 15 is 0 Å². The number of aryl methyl sites for hydroxylation is 2. The number of sulfonamides is 1. The second-order valence-electron chi connectivity index (χ2n) is 9.40. The number of hydrogen-bond donors (Lipinski definition) is 1. The first kappa shape index (κ1) is 28.7. The number of carbonyl (C=O) groups excluding carboxylic acids is 1. The van der Waals surface area contributed by atoms with Crippen molar-refractivity contribution in [3.8, 4) is 0 Å². The summed E-state index contributed by atoms with van der Waals surface area (Å²) < 4.78 is 65.5. The van der Waals surface area contributed by atoms with Gasteiger partial charge in [-0.25, -0.2) is 9.29 Å². The fraction of sp³-hybridized carbons (Fsp3) is 0.400. The average Bonchev–Trinajstić information content (AvgIpc) is 3.24. The third-order valence-electron chi connectivity index (χ3n) is 6.31. The van der Waals surface area contributed by atoms with Gasteiger partial charge in [0.2, 0.25) is 0 Å². The fourth-order valence-corrected chi connectivity index (χ4v) is 5.45. The summed E-state index contributed by atoms with van der Waals surface area (Å²) in [5.41, 5.74) is -1.51. The van der Waals surface area contributed by atoms with E-state index in [9.17, 15) is 26.4 Å². The summed E-state index contributed by atoms with van der Waals surface area (Å²) in [5.74, 6) is -1.06. The Balaban J connectivity index is 1.50. The molecule has 3 heterocycles. The van der Waals surface area contributed by atoms with E-state index in [1.54, 1.807) is 48.7 Å². The Morgan fingerprint density at radius 1 is 1.18 bits per heavy atom. The lowest BCUT2D eigenvalue weighted by atomic mass is 10.1. The first-order valence-electron chi connectivity index (χ1n) is 12.2. The maximum absolute atomic E-state index is 13.2. The number of nitrogens with zero attached hydrogens (tertiary/aromatic N) is 5. The first-order valence-corrected chi connectivity index (χ1v) is 14.1. The monoisotopic (exact) mass is 584 g/mol. The Morgan fingerprint density at radius 2 is 1.85 bits per heavy atom. The van der Waals surface area contributed by atoms with Gasteiger partial charge in [0.05, 0.1) is 29.5 Å². The van der Waals surface area contributed by atoms with Crippen LogP contribution >= 0.6 is 11.6 Å². The summed E-state index contributed by atoms with van der Waals surface area (Å²) in [5, 5.41) is 9.10. The minimum atomic E-state index is -5.54. The smallest absolute Gasteiger partial charge is 0.347 e. The standard InChI is InChI=1S/C25H28ClF3N6O3S/c1-5-20-22(33-14-19(26)16(4)12-21(33)31-20)24(36)30-13-17-6-8-18(9-7-17)34-10-11-35(23(32-34)15(2)3)39(37,38)25(27,28)29/h6-9,12,14-15H,5,10-11,13H2,1-4H3,(H,30,36). The molecule has 0 spiro atoms. The summed E-state index contributed by atoms with van der Waals surface area (Å²) in [6, 6.07) is 8.77. The van der Waals surface area contributed by atoms with Gasteiger partial charge in [-0.15, -0.1) is 0 Å². The molecular weight excluding hydrogens is 557 g/mol. The van der Waals surface area contributed by atoms with Crippen LogP contribution < -0.4 is 10.3 Å². The Hall–Kier alpha value is -3.32. The predicted molar refractivity (Wildman–Crippen MR) is 143 cm³/mol. The zero-order valence-corrected chi connectivity index (χ0v) is 23.3. The SMILES string of the molecule is CCc1nc2cc(C)c(Cl)cn2c1C(=O)NCc1ccc(N2CCN(S(=O)(=O)C(F)(F)F)C(C(C)C)=N2)cc1. The lowest BCUT2D eigenvalue weighted by Crippen LogP contribution is -2.52. The number of imidazole rings is 1. The topological polar surface area (TPSA) is 99.4 Å². The molecule has 0 radical (unpaired) electrons. The number of halogens is 4. The second kappa shape index (κ2) is 10.7. The number of rotatable bonds is 7. The van der Waals surface area contributed by atoms with E-state index in [1.807, 2.05) is 19.9 Å². The summed E-state index contributed by atoms with van der Waals surface area (Å²) in [4.78, 5) is 17.6. The van der Waals surface area contributed by atoms with Gasteiger partial charge in [-0.3, -0.25) is 14.2 Å². The van der Waals surface area contributed by atoms with Crippen molar-refractivity contribution in [3.05, 3.63) is 64.1 Å². The van der Waals surface area contributed by atoms with Crippen molar-refractivity contribution in [2.45, 2.75) is 46.2 Å². The summed E-state index contributed by atoms with van der Waals surface area (Å²) in [6.07, 6.45) is 2.24. The molecule has 9 nitrogen and oxygen atoms in total. The van der Waals surface area contributed by atoms with Crippen molar-refractivity contribution < 1.29 is 26.4 Å². The zero-order chi connectivity index (χ0) is 28.7. The number of aromatic nitrogens is 2. The summed E-state index contributed by atoms with van der Waals surface area (Å²) in [6.45, 7) is 6.71. The number of anilines is 1. The van der Waals surface area contributed by atoms with Crippen LogP contribution in [0.2, 0.25) is 5.02 Å². The number of hydrogen-bond acceptors (Lipinski definition) is 6. The highest BCUT2D eigenvalue weighted by molar-refractivity contribution is 7.90. The molecule has 4 rings (SSSR count). The van der Waals surface area contributed by atoms with Gasteiger partial charge in [0, 0.05) is 18.7 Å². The highest BCUT2D eigenvalue weighted by Gasteiger charge is 2.52. The molecule has 39 heavy (non-hydrogen) atoms. The van der Waals surface area contributed by atoms with Gasteiger partial charge in [0.25, 0.3) is 5.91 Å². The number of alkyl halides is 3. The maximum Gasteiger partial charge on any atom is 0.516 e. The molecule has 1 amide bonds. The highest BCUT2D eigenvalue weighted by atomic mass is 35.5. The largest absolute Gasteiger partial charge is 0.516 e. The van der Waals surface area contributed by atoms with Crippen LogP contribution in [0.5, 0.6) is 0 Å². The predicted octanol–water partition coefficient (Wildman–Crippen LogP) is 4.73. The molecule has 1 N–H and O–H groups in total. The van der Waals surface area contributed by atoms with Crippen molar-refractivity contribution in [3.63, 3.8) is 0 Å². The Kier molecular flexibility index (Phi) is 7.86. The Labute approximate surface area is 229 Å². The number of nitrogens with one attached hydrogen (secondary N) is 1. The minimum absolute atomic E-state index is 0.0578. The maximum atomic E-state index is 13.2. The van der Waals surface area contributed by atoms with Gasteiger partial charge < -0.3 is 5.32 Å². The number of amides is 1. The number of amidine groups is 1. The Morgan fingerprint density at radius 3 is 2.44 bits per heavy atom. The molecule has 0 saturated heterocycles. The third-order valence-corrected chi connectivity index (χ3v) is 8.24. The van der Waals surface area contributed by atoms with Crippen molar-refractivity contribution in [2.75, 3.05) is 18.1 Å². The van der Waals surface area contributed by atoms with Crippen LogP contribution in [-0.4, -0.2) is 52.4 Å². The number of benzene rings is 1. The number of fused-ring (bicyclic) bond motifs is 1. The van der Waals surface area contributed by atoms with Crippen molar-refractivity contribution in [1.82, 2.24) is 19.0 Å². The van der Waals surface area contributed by atoms with E-state index in [0.717, 1.165) is 11.1 Å². The molecule has 1 aromatic carbocycles. The molecule has 0 bridgehead atoms. The lowest BCUT2D eigenvalue weighted by molar-refractivity contribution is -0.0473. The van der Waals surface area contributed by atoms with Gasteiger partial charge in [0.15, 0.2) is 0 Å². The van der Waals surface area contributed by atoms with Crippen LogP contribution in [0.4, 0.5) is 18.9 Å². The molecule has 0 saturated carbocycles. The van der Waals surface area contributed by atoms with Crippen LogP contribution in [0.3, 0.4) is 0 Å². The molecule has 2 aromatic heterocycles. The molecule has 14 heteroatoms. The highest BCUT2D eigenvalue weighted by Crippen LogP contribution is 2.31. The van der Waals surface area contributed by atoms with Crippen LogP contribution in [-0.2, 0) is 23.0 Å². The first-order chi connectivity index (χ1) is 18.2. The molecular formula is C25H28ClF3N6O3S. The lowest BCUT2D eigenvalue weighted by Gasteiger charge is -2.35. The van der Waals surface area contributed by atoms with Crippen LogP contribution in [0.15, 0.2) is 41.6 Å². The van der Waals surface area contributed by atoms with Gasteiger partial charge in [-0.2, -0.15) is 26.7 Å². The third kappa shape index (κ3) is 5.55. The molecule has 0 unspecified atom stereocenters. The van der Waals surface area contributed by atoms with Crippen molar-refractivity contribution in [2.24, 2.45) is 11.0 Å². The van der Waals surface area contributed by atoms with E-state index in [1.165, 1.54) is 5.01 Å². The molecule has 1 aliphatic rings. The molecule has 1 aliphatic heterocycles. The number of carbonyl (C=O) groups is 1. The van der Waals surface area contributed by atoms with E-state index in [2.05, 4.69) is 15.4 Å². The molecule has 0 fully saturated rings. The van der Waals surface area contributed by atoms with E-state index in [-0.39, 0.29) is 31.4 Å². The normalized spacial score (nSPS) is 14.7. The Bertz CT molecular complexity index is 1540. The van der Waals surface area contributed by atoms with Gasteiger partial charge in [-0.1, -0.05) is 44.5 Å². The van der Waals surface area contributed by atoms with Gasteiger partial charge in [0.1, 0.15) is 17.2 Å². The minimum Gasteiger partial charge on any atom is -0.347 e. The second-order valence-corrected chi connectivity index (χ2v) is 11.7. The molecule has 0 aliphatic carbocycles. The average molecular weight is 585 g/mol. The van der Waals surface area contributed by atoms with Crippen molar-refractivity contribution in [1.29, 1.82) is 0 Å². The summed E-state index contributed by atoms with van der Waals surface area (Å²) in [7, 11) is -5.54. The summed E-state index contributed by atoms with van der Waals surface area (Å²) >= 11 is 6.27. The molecule has 210 valence electrons. The fourth-order valence-electron chi connectivity index (χ4n) is 4.23. The quantitative estimate of drug-likeness (QED) is 0.433. The van der Waals surface area contributed by atoms with Gasteiger partial charge in [-0.05, 0) is 42.7 Å². The van der Waals surface area contributed by atoms with E-state index in [0.29, 0.717) is 38.5 Å². The molecule has 3 aromatic rings. The van der Waals surface area contributed by atoms with Crippen molar-refractivity contribution >= 4 is 44.7 Å². The van der Waals surface area contributed by atoms with Crippen LogP contribution in [0.25, 0.3) is 5.65 Å². The van der Waals surface area contributed by atoms with Gasteiger partial charge >= 0.3 is 15.5 Å². The van der Waals surface area contributed by atoms with Crippen LogP contribution in [0, 0.1) is 12.8 Å². The number of pyridine rings is 1.